The van der Waals surface area contributed by atoms with Crippen LogP contribution in [0.2, 0.25) is 0 Å². The molecule has 1 aromatic carbocycles. The maximum atomic E-state index is 13.6. The number of H-pyrrole nitrogens is 1. The number of rotatable bonds is 6. The molecule has 15 heteroatoms. The van der Waals surface area contributed by atoms with Crippen molar-refractivity contribution in [2.75, 3.05) is 11.4 Å². The third-order valence-electron chi connectivity index (χ3n) is 7.11. The smallest absolute Gasteiger partial charge is 0.424 e. The summed E-state index contributed by atoms with van der Waals surface area (Å²) in [5, 5.41) is 4.60. The van der Waals surface area contributed by atoms with Gasteiger partial charge in [0.2, 0.25) is 5.95 Å². The van der Waals surface area contributed by atoms with Gasteiger partial charge in [-0.3, -0.25) is 0 Å². The van der Waals surface area contributed by atoms with Crippen LogP contribution in [0.1, 0.15) is 55.9 Å². The molecule has 2 fully saturated rings. The largest absolute Gasteiger partial charge is 0.573 e. The van der Waals surface area contributed by atoms with Crippen LogP contribution in [0.4, 0.5) is 32.3 Å². The molecule has 3 aromatic rings. The van der Waals surface area contributed by atoms with Gasteiger partial charge in [-0.1, -0.05) is 0 Å². The first-order valence-corrected chi connectivity index (χ1v) is 12.4. The van der Waals surface area contributed by atoms with Gasteiger partial charge in [-0.25, -0.2) is 9.67 Å². The van der Waals surface area contributed by atoms with Crippen molar-refractivity contribution in [1.82, 2.24) is 24.7 Å². The van der Waals surface area contributed by atoms with Gasteiger partial charge < -0.3 is 25.1 Å². The number of benzene rings is 1. The summed E-state index contributed by atoms with van der Waals surface area (Å²) >= 11 is 0. The zero-order valence-electron chi connectivity index (χ0n) is 21.2. The number of piperidine rings is 1. The number of alkyl halides is 6. The number of nitrogens with one attached hydrogen (secondary N) is 1. The Morgan fingerprint density at radius 1 is 1.13 bits per heavy atom. The molecule has 3 heterocycles. The molecule has 3 N–H and O–H groups in total. The summed E-state index contributed by atoms with van der Waals surface area (Å²) in [5.41, 5.74) is 5.77. The Balaban J connectivity index is 1.50. The molecule has 1 saturated heterocycles. The lowest BCUT2D eigenvalue weighted by atomic mass is 9.86. The maximum absolute atomic E-state index is 13.6. The normalized spacial score (nSPS) is 23.5. The number of hydrogen-bond acceptors (Lipinski definition) is 7. The van der Waals surface area contributed by atoms with Crippen LogP contribution in [0.15, 0.2) is 24.4 Å². The second kappa shape index (κ2) is 9.61. The van der Waals surface area contributed by atoms with Crippen LogP contribution < -0.4 is 20.1 Å². The van der Waals surface area contributed by atoms with E-state index in [0.717, 1.165) is 24.6 Å². The highest BCUT2D eigenvalue weighted by atomic mass is 19.4. The number of nitrogens with zero attached hydrogens (tertiary/aromatic N) is 5. The first kappa shape index (κ1) is 27.1. The molecular formula is C24H27F6N7O2. The van der Waals surface area contributed by atoms with E-state index in [2.05, 4.69) is 24.8 Å². The van der Waals surface area contributed by atoms with Gasteiger partial charge in [0.05, 0.1) is 12.1 Å². The van der Waals surface area contributed by atoms with Crippen molar-refractivity contribution >= 4 is 5.95 Å². The van der Waals surface area contributed by atoms with E-state index in [1.807, 2.05) is 11.8 Å². The number of aromatic amines is 1. The number of imidazole rings is 1. The molecule has 1 saturated carbocycles. The molecule has 5 rings (SSSR count). The number of nitrogens with two attached hydrogens (primary N) is 1. The summed E-state index contributed by atoms with van der Waals surface area (Å²) in [7, 11) is 0. The first-order valence-electron chi connectivity index (χ1n) is 12.4. The number of anilines is 1. The van der Waals surface area contributed by atoms with Crippen molar-refractivity contribution < 1.29 is 35.8 Å². The van der Waals surface area contributed by atoms with Crippen LogP contribution in [-0.2, 0) is 6.18 Å². The first-order chi connectivity index (χ1) is 18.2. The molecule has 2 bridgehead atoms. The topological polar surface area (TPSA) is 107 Å². The lowest BCUT2D eigenvalue weighted by Crippen LogP contribution is -2.51. The van der Waals surface area contributed by atoms with Crippen LogP contribution in [0, 0.1) is 18.8 Å². The van der Waals surface area contributed by atoms with E-state index in [0.29, 0.717) is 24.5 Å². The van der Waals surface area contributed by atoms with Gasteiger partial charge >= 0.3 is 18.5 Å². The van der Waals surface area contributed by atoms with Gasteiger partial charge in [0.1, 0.15) is 22.9 Å². The average Bonchev–Trinajstić information content (AvgIpc) is 3.49. The Bertz CT molecular complexity index is 1340. The number of halogens is 6. The summed E-state index contributed by atoms with van der Waals surface area (Å²) in [4.78, 5) is 14.3. The van der Waals surface area contributed by atoms with Crippen molar-refractivity contribution in [3.63, 3.8) is 0 Å². The van der Waals surface area contributed by atoms with Crippen LogP contribution in [-0.4, -0.2) is 43.7 Å². The quantitative estimate of drug-likeness (QED) is 0.383. The van der Waals surface area contributed by atoms with Crippen LogP contribution >= 0.6 is 0 Å². The number of aryl methyl sites for hydroxylation is 1. The Morgan fingerprint density at radius 3 is 2.49 bits per heavy atom. The highest BCUT2D eigenvalue weighted by Crippen LogP contribution is 2.48. The number of ether oxygens (including phenoxy) is 2. The zero-order valence-corrected chi connectivity index (χ0v) is 21.2. The van der Waals surface area contributed by atoms with Crippen molar-refractivity contribution in [2.24, 2.45) is 17.6 Å². The van der Waals surface area contributed by atoms with E-state index in [-0.39, 0.29) is 47.7 Å². The molecular weight excluding hydrogens is 532 g/mol. The minimum Gasteiger partial charge on any atom is -0.424 e. The zero-order chi connectivity index (χ0) is 28.3. The standard InChI is InChI=1S/C24H27F6N7O2/c1-11(2)37-22(38-14-5-7-17(39-24(28,29)30)16(8-14)23(25,26)27)34-21(35-37)36-10-13-4-6-15(18(13)31)19(36)20-32-9-12(3)33-20/h5,7-9,11,13,15,18-19H,4,6,10,31H2,1-3H3,(H,32,33). The molecule has 39 heavy (non-hydrogen) atoms. The van der Waals surface area contributed by atoms with Gasteiger partial charge in [0, 0.05) is 30.4 Å². The third-order valence-corrected chi connectivity index (χ3v) is 7.11. The monoisotopic (exact) mass is 559 g/mol. The highest BCUT2D eigenvalue weighted by Gasteiger charge is 2.49. The SMILES string of the molecule is Cc1cnc(C2C3CCC(CN2c2nc(Oc4ccc(OC(F)(F)F)c(C(F)(F)F)c4)n(C(C)C)n2)C3N)[nH]1. The summed E-state index contributed by atoms with van der Waals surface area (Å²) in [5.74, 6) is -0.475. The second-order valence-corrected chi connectivity index (χ2v) is 10.2. The molecule has 2 aliphatic rings. The molecule has 1 aliphatic carbocycles. The van der Waals surface area contributed by atoms with Crippen molar-refractivity contribution in [3.05, 3.63) is 41.5 Å². The predicted molar refractivity (Wildman–Crippen MR) is 126 cm³/mol. The summed E-state index contributed by atoms with van der Waals surface area (Å²) < 4.78 is 89.3. The molecule has 0 radical (unpaired) electrons. The second-order valence-electron chi connectivity index (χ2n) is 10.2. The lowest BCUT2D eigenvalue weighted by Gasteiger charge is -2.42. The van der Waals surface area contributed by atoms with Crippen LogP contribution in [0.3, 0.4) is 0 Å². The van der Waals surface area contributed by atoms with Crippen LogP contribution in [0.5, 0.6) is 17.5 Å². The fourth-order valence-corrected chi connectivity index (χ4v) is 5.40. The fraction of sp³-hybridized carbons (Fsp3) is 0.542. The molecule has 1 aliphatic heterocycles. The van der Waals surface area contributed by atoms with E-state index < -0.39 is 23.9 Å². The summed E-state index contributed by atoms with van der Waals surface area (Å²) in [6.07, 6.45) is -6.88. The molecule has 212 valence electrons. The van der Waals surface area contributed by atoms with Crippen molar-refractivity contribution in [3.8, 4) is 17.5 Å². The fourth-order valence-electron chi connectivity index (χ4n) is 5.40. The van der Waals surface area contributed by atoms with Gasteiger partial charge in [-0.05, 0) is 57.7 Å². The highest BCUT2D eigenvalue weighted by molar-refractivity contribution is 5.44. The van der Waals surface area contributed by atoms with Crippen molar-refractivity contribution in [1.29, 1.82) is 0 Å². The molecule has 4 atom stereocenters. The summed E-state index contributed by atoms with van der Waals surface area (Å²) in [6.45, 7) is 6.01. The van der Waals surface area contributed by atoms with E-state index in [1.54, 1.807) is 20.0 Å². The van der Waals surface area contributed by atoms with Gasteiger partial charge in [0.25, 0.3) is 0 Å². The number of hydrogen-bond donors (Lipinski definition) is 2. The van der Waals surface area contributed by atoms with Crippen molar-refractivity contribution in [2.45, 2.75) is 64.3 Å². The van der Waals surface area contributed by atoms with E-state index >= 15 is 0 Å². The maximum Gasteiger partial charge on any atom is 0.573 e. The lowest BCUT2D eigenvalue weighted by molar-refractivity contribution is -0.276. The Hall–Kier alpha value is -3.49. The van der Waals surface area contributed by atoms with Gasteiger partial charge in [0.15, 0.2) is 0 Å². The molecule has 2 aromatic heterocycles. The molecule has 4 unspecified atom stereocenters. The van der Waals surface area contributed by atoms with E-state index in [1.165, 1.54) is 4.68 Å². The van der Waals surface area contributed by atoms with Gasteiger partial charge in [-0.2, -0.15) is 18.2 Å². The summed E-state index contributed by atoms with van der Waals surface area (Å²) in [6, 6.07) is 1.25. The van der Waals surface area contributed by atoms with E-state index in [4.69, 9.17) is 10.5 Å². The molecule has 0 spiro atoms. The predicted octanol–water partition coefficient (Wildman–Crippen LogP) is 5.52. The molecule has 0 amide bonds. The molecule has 9 nitrogen and oxygen atoms in total. The Kier molecular flexibility index (Phi) is 6.67. The van der Waals surface area contributed by atoms with Gasteiger partial charge in [-0.15, -0.1) is 18.3 Å². The third kappa shape index (κ3) is 5.36. The Labute approximate surface area is 219 Å². The van der Waals surface area contributed by atoms with E-state index in [9.17, 15) is 26.3 Å². The Morgan fingerprint density at radius 2 is 1.87 bits per heavy atom. The average molecular weight is 560 g/mol. The number of fused-ring (bicyclic) bond motifs is 2. The minimum absolute atomic E-state index is 0.0298. The number of aromatic nitrogens is 5. The minimum atomic E-state index is -5.30. The van der Waals surface area contributed by atoms with Crippen LogP contribution in [0.25, 0.3) is 0 Å².